The van der Waals surface area contributed by atoms with Crippen molar-refractivity contribution in [1.82, 2.24) is 20.4 Å². The van der Waals surface area contributed by atoms with Gasteiger partial charge in [-0.25, -0.2) is 4.79 Å². The van der Waals surface area contributed by atoms with E-state index in [2.05, 4.69) is 29.1 Å². The third-order valence-electron chi connectivity index (χ3n) is 8.20. The van der Waals surface area contributed by atoms with Gasteiger partial charge in [-0.1, -0.05) is 25.3 Å². The number of nitrogens with one attached hydrogen (secondary N) is 2. The van der Waals surface area contributed by atoms with Gasteiger partial charge in [-0.15, -0.1) is 5.92 Å². The van der Waals surface area contributed by atoms with Gasteiger partial charge < -0.3 is 20.3 Å². The van der Waals surface area contributed by atoms with Crippen molar-refractivity contribution < 1.29 is 19.1 Å². The molecule has 3 saturated heterocycles. The average Bonchev–Trinajstić information content (AvgIpc) is 3.49. The van der Waals surface area contributed by atoms with E-state index in [1.54, 1.807) is 16.7 Å². The molecular weight excluding hydrogens is 468 g/mol. The van der Waals surface area contributed by atoms with E-state index in [0.29, 0.717) is 44.7 Å². The molecule has 4 fully saturated rings. The van der Waals surface area contributed by atoms with E-state index in [-0.39, 0.29) is 23.8 Å². The van der Waals surface area contributed by atoms with Crippen LogP contribution in [0.1, 0.15) is 85.5 Å². The first kappa shape index (κ1) is 27.3. The summed E-state index contributed by atoms with van der Waals surface area (Å²) in [5.41, 5.74) is -0.553. The summed E-state index contributed by atoms with van der Waals surface area (Å²) in [6.07, 6.45) is 6.96. The molecule has 1 aliphatic carbocycles. The molecule has 3 amide bonds. The molecule has 4 aliphatic rings. The largest absolute Gasteiger partial charge is 0.444 e. The molecule has 4 atom stereocenters. The zero-order valence-electron chi connectivity index (χ0n) is 23.0. The van der Waals surface area contributed by atoms with Crippen molar-refractivity contribution in [2.75, 3.05) is 19.6 Å². The standard InChI is InChI=1S/C29H44N4O4/c1-6-9-23(19-22-12-15-30-20(22)2)31-25(34)24(18-21-10-11-21)32-17-14-29(26(32)35)13-7-8-16-33(29)27(36)37-28(3,4)5/h21-24,30H,2,7-8,10-19H2,1,3-5H3,(H,31,34). The molecule has 0 aromatic carbocycles. The van der Waals surface area contributed by atoms with Crippen LogP contribution in [0.3, 0.4) is 0 Å². The average molecular weight is 513 g/mol. The van der Waals surface area contributed by atoms with E-state index in [0.717, 1.165) is 44.3 Å². The first-order valence-electron chi connectivity index (χ1n) is 14.0. The number of amides is 3. The van der Waals surface area contributed by atoms with Gasteiger partial charge in [-0.2, -0.15) is 0 Å². The highest BCUT2D eigenvalue weighted by molar-refractivity contribution is 5.96. The molecule has 3 heterocycles. The number of likely N-dealkylation sites (tertiary alicyclic amines) is 2. The van der Waals surface area contributed by atoms with Gasteiger partial charge in [0.25, 0.3) is 0 Å². The van der Waals surface area contributed by atoms with Crippen LogP contribution >= 0.6 is 0 Å². The summed E-state index contributed by atoms with van der Waals surface area (Å²) >= 11 is 0. The molecule has 0 radical (unpaired) electrons. The normalized spacial score (nSPS) is 27.4. The van der Waals surface area contributed by atoms with Gasteiger partial charge in [0.15, 0.2) is 0 Å². The lowest BCUT2D eigenvalue weighted by Gasteiger charge is -2.43. The summed E-state index contributed by atoms with van der Waals surface area (Å²) < 4.78 is 5.69. The van der Waals surface area contributed by atoms with Crippen LogP contribution in [-0.2, 0) is 14.3 Å². The molecule has 0 aromatic heterocycles. The highest BCUT2D eigenvalue weighted by Crippen LogP contribution is 2.42. The first-order chi connectivity index (χ1) is 17.5. The Labute approximate surface area is 221 Å². The molecule has 2 N–H and O–H groups in total. The number of piperidine rings is 1. The number of carbonyl (C=O) groups is 3. The molecule has 0 aromatic rings. The maximum atomic E-state index is 14.1. The second kappa shape index (κ2) is 11.0. The van der Waals surface area contributed by atoms with Gasteiger partial charge in [-0.05, 0) is 78.6 Å². The molecule has 4 unspecified atom stereocenters. The number of ether oxygens (including phenoxy) is 1. The van der Waals surface area contributed by atoms with Crippen molar-refractivity contribution >= 4 is 17.9 Å². The van der Waals surface area contributed by atoms with Crippen molar-refractivity contribution in [3.05, 3.63) is 12.3 Å². The maximum Gasteiger partial charge on any atom is 0.411 e. The Hall–Kier alpha value is -2.69. The van der Waals surface area contributed by atoms with Crippen LogP contribution in [0.2, 0.25) is 0 Å². The Morgan fingerprint density at radius 1 is 1.19 bits per heavy atom. The minimum absolute atomic E-state index is 0.106. The van der Waals surface area contributed by atoms with E-state index in [9.17, 15) is 14.4 Å². The fourth-order valence-electron chi connectivity index (χ4n) is 6.09. The Bertz CT molecular complexity index is 973. The molecule has 8 heteroatoms. The fraction of sp³-hybridized carbons (Fsp3) is 0.759. The van der Waals surface area contributed by atoms with Crippen molar-refractivity contribution in [3.63, 3.8) is 0 Å². The number of hydrogen-bond donors (Lipinski definition) is 2. The molecule has 204 valence electrons. The summed E-state index contributed by atoms with van der Waals surface area (Å²) in [7, 11) is 0. The van der Waals surface area contributed by atoms with Gasteiger partial charge in [0.05, 0.1) is 6.04 Å². The van der Waals surface area contributed by atoms with Crippen molar-refractivity contribution in [2.45, 2.75) is 109 Å². The van der Waals surface area contributed by atoms with E-state index in [1.165, 1.54) is 0 Å². The predicted octanol–water partition coefficient (Wildman–Crippen LogP) is 3.57. The molecule has 4 rings (SSSR count). The van der Waals surface area contributed by atoms with Gasteiger partial charge in [0.1, 0.15) is 17.2 Å². The summed E-state index contributed by atoms with van der Waals surface area (Å²) in [6, 6.07) is -0.840. The number of carbonyl (C=O) groups excluding carboxylic acids is 3. The van der Waals surface area contributed by atoms with Crippen LogP contribution in [-0.4, -0.2) is 70.6 Å². The Morgan fingerprint density at radius 3 is 2.57 bits per heavy atom. The van der Waals surface area contributed by atoms with Crippen LogP contribution in [0.25, 0.3) is 0 Å². The third-order valence-corrected chi connectivity index (χ3v) is 8.20. The molecule has 1 spiro atoms. The van der Waals surface area contributed by atoms with E-state index in [1.807, 2.05) is 20.8 Å². The van der Waals surface area contributed by atoms with Gasteiger partial charge in [0, 0.05) is 31.2 Å². The Balaban J connectivity index is 1.51. The molecule has 1 saturated carbocycles. The lowest BCUT2D eigenvalue weighted by Crippen LogP contribution is -2.61. The fourth-order valence-corrected chi connectivity index (χ4v) is 6.09. The first-order valence-corrected chi connectivity index (χ1v) is 14.0. The van der Waals surface area contributed by atoms with Crippen molar-refractivity contribution in [3.8, 4) is 11.8 Å². The lowest BCUT2D eigenvalue weighted by molar-refractivity contribution is -0.146. The minimum atomic E-state index is -0.918. The Kier molecular flexibility index (Phi) is 8.11. The molecule has 8 nitrogen and oxygen atoms in total. The monoisotopic (exact) mass is 512 g/mol. The van der Waals surface area contributed by atoms with Crippen molar-refractivity contribution in [1.29, 1.82) is 0 Å². The summed E-state index contributed by atoms with van der Waals surface area (Å²) in [5, 5.41) is 6.46. The van der Waals surface area contributed by atoms with Crippen LogP contribution in [0, 0.1) is 23.7 Å². The summed E-state index contributed by atoms with van der Waals surface area (Å²) in [4.78, 5) is 44.4. The summed E-state index contributed by atoms with van der Waals surface area (Å²) in [5.74, 6) is 6.62. The van der Waals surface area contributed by atoms with E-state index in [4.69, 9.17) is 4.74 Å². The van der Waals surface area contributed by atoms with Gasteiger partial charge in [0.2, 0.25) is 11.8 Å². The second-order valence-corrected chi connectivity index (χ2v) is 12.2. The number of rotatable bonds is 7. The smallest absolute Gasteiger partial charge is 0.411 e. The van der Waals surface area contributed by atoms with Gasteiger partial charge in [-0.3, -0.25) is 14.5 Å². The molecular formula is C29H44N4O4. The van der Waals surface area contributed by atoms with Crippen molar-refractivity contribution in [2.24, 2.45) is 11.8 Å². The van der Waals surface area contributed by atoms with Crippen LogP contribution < -0.4 is 10.6 Å². The zero-order valence-corrected chi connectivity index (χ0v) is 23.0. The molecule has 0 bridgehead atoms. The molecule has 3 aliphatic heterocycles. The Morgan fingerprint density at radius 2 is 1.95 bits per heavy atom. The number of nitrogens with zero attached hydrogens (tertiary/aromatic N) is 2. The number of allylic oxidation sites excluding steroid dienone is 1. The predicted molar refractivity (Wildman–Crippen MR) is 142 cm³/mol. The summed E-state index contributed by atoms with van der Waals surface area (Å²) in [6.45, 7) is 13.3. The second-order valence-electron chi connectivity index (χ2n) is 12.2. The van der Waals surface area contributed by atoms with Crippen LogP contribution in [0.5, 0.6) is 0 Å². The topological polar surface area (TPSA) is 91.0 Å². The quantitative estimate of drug-likeness (QED) is 0.509. The van der Waals surface area contributed by atoms with Crippen LogP contribution in [0.4, 0.5) is 4.79 Å². The highest BCUT2D eigenvalue weighted by Gasteiger charge is 2.56. The molecule has 37 heavy (non-hydrogen) atoms. The van der Waals surface area contributed by atoms with E-state index >= 15 is 0 Å². The minimum Gasteiger partial charge on any atom is -0.444 e. The zero-order chi connectivity index (χ0) is 26.8. The highest BCUT2D eigenvalue weighted by atomic mass is 16.6. The SMILES string of the molecule is C=C1NCCC1CC(C#CC)NC(=O)C(CC1CC1)N1CCC2(CCCCN2C(=O)OC(C)(C)C)C1=O. The third kappa shape index (κ3) is 6.25. The van der Waals surface area contributed by atoms with Gasteiger partial charge >= 0.3 is 6.09 Å². The van der Waals surface area contributed by atoms with E-state index < -0.39 is 23.3 Å². The number of hydrogen-bond acceptors (Lipinski definition) is 5. The maximum absolute atomic E-state index is 14.1. The van der Waals surface area contributed by atoms with Crippen LogP contribution in [0.15, 0.2) is 12.3 Å². The lowest BCUT2D eigenvalue weighted by atomic mass is 9.85.